The summed E-state index contributed by atoms with van der Waals surface area (Å²) in [5, 5.41) is 7.34. The van der Waals surface area contributed by atoms with Crippen LogP contribution >= 0.6 is 0 Å². The van der Waals surface area contributed by atoms with Crippen LogP contribution in [0.4, 0.5) is 0 Å². The van der Waals surface area contributed by atoms with Crippen molar-refractivity contribution in [3.8, 4) is 11.3 Å². The molecule has 0 saturated carbocycles. The van der Waals surface area contributed by atoms with E-state index in [0.717, 1.165) is 55.8 Å². The van der Waals surface area contributed by atoms with E-state index >= 15 is 0 Å². The molecule has 1 aliphatic heterocycles. The van der Waals surface area contributed by atoms with Crippen LogP contribution in [0.1, 0.15) is 25.0 Å². The maximum absolute atomic E-state index is 12.3. The molecule has 1 N–H and O–H groups in total. The Bertz CT molecular complexity index is 681. The summed E-state index contributed by atoms with van der Waals surface area (Å²) in [6.07, 6.45) is 3.93. The molecule has 140 valence electrons. The quantitative estimate of drug-likeness (QED) is 0.735. The number of nitrogens with one attached hydrogen (secondary N) is 1. The molecule has 1 aliphatic rings. The van der Waals surface area contributed by atoms with E-state index in [4.69, 9.17) is 9.26 Å². The highest BCUT2D eigenvalue weighted by molar-refractivity contribution is 5.81. The van der Waals surface area contributed by atoms with Crippen molar-refractivity contribution in [1.82, 2.24) is 15.4 Å². The summed E-state index contributed by atoms with van der Waals surface area (Å²) in [6, 6.07) is 11.9. The largest absolute Gasteiger partial charge is 0.378 e. The minimum Gasteiger partial charge on any atom is -0.378 e. The summed E-state index contributed by atoms with van der Waals surface area (Å²) in [4.78, 5) is 14.1. The Morgan fingerprint density at radius 3 is 2.88 bits per heavy atom. The first kappa shape index (κ1) is 18.6. The number of carbonyl (C=O) groups excluding carboxylic acids is 1. The smallest absolute Gasteiger partial charge is 0.241 e. The minimum absolute atomic E-state index is 0.118. The molecule has 1 aromatic heterocycles. The lowest BCUT2D eigenvalue weighted by Crippen LogP contribution is -2.51. The number of likely N-dealkylation sites (N-methyl/N-ethyl adjacent to an activating group) is 1. The van der Waals surface area contributed by atoms with Crippen molar-refractivity contribution in [3.63, 3.8) is 0 Å². The first-order chi connectivity index (χ1) is 12.7. The Morgan fingerprint density at radius 1 is 1.27 bits per heavy atom. The summed E-state index contributed by atoms with van der Waals surface area (Å²) in [5.74, 6) is 1.03. The lowest BCUT2D eigenvalue weighted by atomic mass is 10.1. The van der Waals surface area contributed by atoms with Gasteiger partial charge in [0.15, 0.2) is 0 Å². The van der Waals surface area contributed by atoms with E-state index in [9.17, 15) is 4.79 Å². The molecule has 3 rings (SSSR count). The molecule has 0 aliphatic carbocycles. The fraction of sp³-hybridized carbons (Fsp3) is 0.500. The van der Waals surface area contributed by atoms with E-state index in [1.54, 1.807) is 4.90 Å². The lowest BCUT2D eigenvalue weighted by molar-refractivity contribution is -0.135. The number of rotatable bonds is 8. The molecule has 0 spiro atoms. The summed E-state index contributed by atoms with van der Waals surface area (Å²) in [7, 11) is 1.86. The van der Waals surface area contributed by atoms with Crippen LogP contribution in [0, 0.1) is 0 Å². The Hall–Kier alpha value is -2.18. The third-order valence-electron chi connectivity index (χ3n) is 4.64. The lowest BCUT2D eigenvalue weighted by Gasteiger charge is -2.27. The van der Waals surface area contributed by atoms with Crippen LogP contribution in [0.15, 0.2) is 40.9 Å². The molecule has 1 aromatic carbocycles. The second-order valence-corrected chi connectivity index (χ2v) is 6.70. The van der Waals surface area contributed by atoms with Gasteiger partial charge in [0.25, 0.3) is 0 Å². The first-order valence-electron chi connectivity index (χ1n) is 9.31. The van der Waals surface area contributed by atoms with E-state index in [-0.39, 0.29) is 11.9 Å². The van der Waals surface area contributed by atoms with Crippen LogP contribution in [0.2, 0.25) is 0 Å². The summed E-state index contributed by atoms with van der Waals surface area (Å²) >= 11 is 0. The fourth-order valence-electron chi connectivity index (χ4n) is 3.10. The van der Waals surface area contributed by atoms with Crippen molar-refractivity contribution >= 4 is 5.91 Å². The van der Waals surface area contributed by atoms with Gasteiger partial charge in [-0.2, -0.15) is 0 Å². The molecular formula is C20H27N3O3. The molecule has 6 heteroatoms. The number of hydrogen-bond acceptors (Lipinski definition) is 5. The molecule has 1 saturated heterocycles. The summed E-state index contributed by atoms with van der Waals surface area (Å²) in [5.41, 5.74) is 1.95. The number of unbranched alkanes of at least 4 members (excludes halogenated alkanes) is 2. The first-order valence-corrected chi connectivity index (χ1v) is 9.31. The molecule has 26 heavy (non-hydrogen) atoms. The number of carbonyl (C=O) groups is 1. The van der Waals surface area contributed by atoms with Crippen molar-refractivity contribution in [3.05, 3.63) is 42.2 Å². The van der Waals surface area contributed by atoms with Crippen molar-refractivity contribution in [2.75, 3.05) is 33.4 Å². The highest BCUT2D eigenvalue weighted by atomic mass is 16.5. The molecule has 1 unspecified atom stereocenters. The van der Waals surface area contributed by atoms with Crippen molar-refractivity contribution in [1.29, 1.82) is 0 Å². The van der Waals surface area contributed by atoms with Gasteiger partial charge in [-0.3, -0.25) is 4.79 Å². The minimum atomic E-state index is -0.195. The number of nitrogens with zero attached hydrogens (tertiary/aromatic N) is 2. The summed E-state index contributed by atoms with van der Waals surface area (Å²) < 4.78 is 10.8. The molecule has 2 aromatic rings. The molecule has 1 fully saturated rings. The number of hydrogen-bond donors (Lipinski definition) is 1. The van der Waals surface area contributed by atoms with Gasteiger partial charge in [-0.1, -0.05) is 41.9 Å². The fourth-order valence-corrected chi connectivity index (χ4v) is 3.10. The van der Waals surface area contributed by atoms with E-state index in [2.05, 4.69) is 10.5 Å². The molecule has 0 bridgehead atoms. The molecule has 1 amide bonds. The van der Waals surface area contributed by atoms with Crippen LogP contribution in [0.5, 0.6) is 0 Å². The zero-order chi connectivity index (χ0) is 18.2. The molecule has 6 nitrogen and oxygen atoms in total. The number of aromatic nitrogens is 1. The average Bonchev–Trinajstić information content (AvgIpc) is 3.17. The Labute approximate surface area is 154 Å². The average molecular weight is 357 g/mol. The Morgan fingerprint density at radius 2 is 2.12 bits per heavy atom. The molecule has 2 heterocycles. The van der Waals surface area contributed by atoms with E-state index in [0.29, 0.717) is 13.2 Å². The molecule has 0 radical (unpaired) electrons. The number of morpholine rings is 1. The Kier molecular flexibility index (Phi) is 6.80. The van der Waals surface area contributed by atoms with Gasteiger partial charge in [0, 0.05) is 38.2 Å². The van der Waals surface area contributed by atoms with Crippen molar-refractivity contribution < 1.29 is 14.1 Å². The van der Waals surface area contributed by atoms with Gasteiger partial charge >= 0.3 is 0 Å². The third kappa shape index (κ3) is 5.16. The zero-order valence-corrected chi connectivity index (χ0v) is 15.3. The van der Waals surface area contributed by atoms with Gasteiger partial charge in [0.1, 0.15) is 17.5 Å². The topological polar surface area (TPSA) is 67.6 Å². The van der Waals surface area contributed by atoms with Crippen LogP contribution in [0.25, 0.3) is 11.3 Å². The predicted octanol–water partition coefficient (Wildman–Crippen LogP) is 2.50. The SMILES string of the molecule is CN(CCCCCc1cc(-c2ccccc2)no1)C(=O)C1COCCN1. The van der Waals surface area contributed by atoms with Gasteiger partial charge < -0.3 is 19.5 Å². The zero-order valence-electron chi connectivity index (χ0n) is 15.3. The third-order valence-corrected chi connectivity index (χ3v) is 4.64. The van der Waals surface area contributed by atoms with E-state index in [1.165, 1.54) is 0 Å². The van der Waals surface area contributed by atoms with Gasteiger partial charge in [0.2, 0.25) is 5.91 Å². The van der Waals surface area contributed by atoms with Crippen molar-refractivity contribution in [2.24, 2.45) is 0 Å². The number of aryl methyl sites for hydroxylation is 1. The molecule has 1 atom stereocenters. The van der Waals surface area contributed by atoms with Gasteiger partial charge in [0.05, 0.1) is 13.2 Å². The second-order valence-electron chi connectivity index (χ2n) is 6.70. The predicted molar refractivity (Wildman–Crippen MR) is 99.7 cm³/mol. The highest BCUT2D eigenvalue weighted by Gasteiger charge is 2.23. The summed E-state index contributed by atoms with van der Waals surface area (Å²) in [6.45, 7) is 2.66. The molecular weight excluding hydrogens is 330 g/mol. The van der Waals surface area contributed by atoms with Crippen LogP contribution in [0.3, 0.4) is 0 Å². The van der Waals surface area contributed by atoms with Gasteiger partial charge in [-0.25, -0.2) is 0 Å². The highest BCUT2D eigenvalue weighted by Crippen LogP contribution is 2.19. The van der Waals surface area contributed by atoms with Crippen molar-refractivity contribution in [2.45, 2.75) is 31.7 Å². The van der Waals surface area contributed by atoms with Gasteiger partial charge in [-0.15, -0.1) is 0 Å². The monoisotopic (exact) mass is 357 g/mol. The number of ether oxygens (including phenoxy) is 1. The second kappa shape index (κ2) is 9.50. The van der Waals surface area contributed by atoms with Crippen LogP contribution in [-0.2, 0) is 16.0 Å². The Balaban J connectivity index is 1.34. The number of amides is 1. The van der Waals surface area contributed by atoms with Gasteiger partial charge in [-0.05, 0) is 12.8 Å². The number of benzene rings is 1. The maximum atomic E-state index is 12.3. The van der Waals surface area contributed by atoms with Crippen LogP contribution < -0.4 is 5.32 Å². The normalized spacial score (nSPS) is 17.2. The van der Waals surface area contributed by atoms with Crippen LogP contribution in [-0.4, -0.2) is 55.4 Å². The standard InChI is InChI=1S/C20H27N3O3/c1-23(20(24)19-15-25-13-11-21-19)12-7-3-6-10-17-14-18(22-26-17)16-8-4-2-5-9-16/h2,4-5,8-9,14,19,21H,3,6-7,10-13,15H2,1H3. The van der Waals surface area contributed by atoms with E-state index < -0.39 is 0 Å². The maximum Gasteiger partial charge on any atom is 0.241 e. The van der Waals surface area contributed by atoms with E-state index in [1.807, 2.05) is 43.4 Å².